The van der Waals surface area contributed by atoms with Gasteiger partial charge in [0.05, 0.1) is 6.54 Å². The van der Waals surface area contributed by atoms with Gasteiger partial charge >= 0.3 is 5.97 Å². The predicted octanol–water partition coefficient (Wildman–Crippen LogP) is -0.529. The molecule has 1 rings (SSSR count). The van der Waals surface area contributed by atoms with Crippen LogP contribution < -0.4 is 10.0 Å². The number of carbonyl (C=O) groups excluding carboxylic acids is 1. The lowest BCUT2D eigenvalue weighted by Gasteiger charge is -2.05. The Morgan fingerprint density at radius 2 is 2.12 bits per heavy atom. The Kier molecular flexibility index (Phi) is 4.21. The topological polar surface area (TPSA) is 113 Å². The zero-order valence-corrected chi connectivity index (χ0v) is 10.4. The minimum atomic E-state index is -3.98. The summed E-state index contributed by atoms with van der Waals surface area (Å²) >= 11 is 0.805. The van der Waals surface area contributed by atoms with Crippen molar-refractivity contribution in [2.24, 2.45) is 0 Å². The van der Waals surface area contributed by atoms with Gasteiger partial charge in [-0.25, -0.2) is 17.9 Å². The van der Waals surface area contributed by atoms with Crippen molar-refractivity contribution in [2.75, 3.05) is 13.6 Å². The van der Waals surface area contributed by atoms with Crippen LogP contribution in [0.1, 0.15) is 9.67 Å². The summed E-state index contributed by atoms with van der Waals surface area (Å²) < 4.78 is 25.4. The zero-order chi connectivity index (χ0) is 13.1. The van der Waals surface area contributed by atoms with E-state index in [9.17, 15) is 18.0 Å². The molecule has 0 aliphatic rings. The van der Waals surface area contributed by atoms with Gasteiger partial charge in [-0.05, 0) is 11.4 Å². The smallest absolute Gasteiger partial charge is 0.347 e. The molecule has 0 aliphatic carbocycles. The fraction of sp³-hybridized carbons (Fsp3) is 0.250. The summed E-state index contributed by atoms with van der Waals surface area (Å²) in [5.41, 5.74) is 0. The molecule has 7 nitrogen and oxygen atoms in total. The molecule has 0 radical (unpaired) electrons. The van der Waals surface area contributed by atoms with Gasteiger partial charge in [0.2, 0.25) is 15.9 Å². The fourth-order valence-electron chi connectivity index (χ4n) is 0.992. The molecular weight excluding hydrogens is 268 g/mol. The molecule has 94 valence electrons. The van der Waals surface area contributed by atoms with Crippen LogP contribution in [-0.2, 0) is 14.8 Å². The number of likely N-dealkylation sites (N-methyl/N-ethyl adjacent to an activating group) is 1. The predicted molar refractivity (Wildman–Crippen MR) is 60.5 cm³/mol. The number of hydrogen-bond donors (Lipinski definition) is 3. The van der Waals surface area contributed by atoms with E-state index in [0.717, 1.165) is 11.3 Å². The summed E-state index contributed by atoms with van der Waals surface area (Å²) in [5, 5.41) is 12.4. The molecule has 0 aliphatic heterocycles. The number of nitrogens with one attached hydrogen (secondary N) is 2. The van der Waals surface area contributed by atoms with Crippen molar-refractivity contribution in [3.8, 4) is 0 Å². The normalized spacial score (nSPS) is 11.1. The van der Waals surface area contributed by atoms with Gasteiger partial charge in [0.1, 0.15) is 9.77 Å². The Morgan fingerprint density at radius 3 is 2.65 bits per heavy atom. The van der Waals surface area contributed by atoms with Gasteiger partial charge in [0.25, 0.3) is 0 Å². The van der Waals surface area contributed by atoms with Gasteiger partial charge < -0.3 is 10.4 Å². The number of hydrogen-bond acceptors (Lipinski definition) is 5. The van der Waals surface area contributed by atoms with Gasteiger partial charge in [0, 0.05) is 7.05 Å². The van der Waals surface area contributed by atoms with Gasteiger partial charge in [-0.2, -0.15) is 0 Å². The Hall–Kier alpha value is -1.45. The highest BCUT2D eigenvalue weighted by Gasteiger charge is 2.23. The van der Waals surface area contributed by atoms with Crippen LogP contribution in [0.25, 0.3) is 0 Å². The first kappa shape index (κ1) is 13.6. The van der Waals surface area contributed by atoms with Crippen LogP contribution in [0.15, 0.2) is 16.3 Å². The van der Waals surface area contributed by atoms with Gasteiger partial charge in [-0.3, -0.25) is 4.79 Å². The van der Waals surface area contributed by atoms with Crippen molar-refractivity contribution in [1.29, 1.82) is 0 Å². The second-order valence-corrected chi connectivity index (χ2v) is 5.57. The molecule has 1 aromatic rings. The van der Waals surface area contributed by atoms with E-state index in [0.29, 0.717) is 0 Å². The molecule has 0 saturated carbocycles. The minimum absolute atomic E-state index is 0.283. The van der Waals surface area contributed by atoms with Gasteiger partial charge in [0.15, 0.2) is 0 Å². The summed E-state index contributed by atoms with van der Waals surface area (Å²) in [6.45, 7) is -0.437. The maximum atomic E-state index is 11.7. The van der Waals surface area contributed by atoms with E-state index in [1.54, 1.807) is 0 Å². The first-order valence-electron chi connectivity index (χ1n) is 4.39. The lowest BCUT2D eigenvalue weighted by atomic mass is 10.5. The molecule has 1 heterocycles. The van der Waals surface area contributed by atoms with Crippen LogP contribution in [0.2, 0.25) is 0 Å². The molecule has 0 spiro atoms. The number of amides is 1. The highest BCUT2D eigenvalue weighted by molar-refractivity contribution is 7.89. The second kappa shape index (κ2) is 5.25. The molecule has 17 heavy (non-hydrogen) atoms. The monoisotopic (exact) mass is 278 g/mol. The minimum Gasteiger partial charge on any atom is -0.477 e. The summed E-state index contributed by atoms with van der Waals surface area (Å²) in [6.07, 6.45) is 0. The van der Waals surface area contributed by atoms with Crippen LogP contribution in [0, 0.1) is 0 Å². The van der Waals surface area contributed by atoms with Crippen LogP contribution in [0.3, 0.4) is 0 Å². The lowest BCUT2D eigenvalue weighted by Crippen LogP contribution is -2.35. The molecule has 1 amide bonds. The molecule has 0 saturated heterocycles. The van der Waals surface area contributed by atoms with E-state index in [1.165, 1.54) is 18.5 Å². The third kappa shape index (κ3) is 3.25. The first-order chi connectivity index (χ1) is 7.88. The molecule has 3 N–H and O–H groups in total. The first-order valence-corrected chi connectivity index (χ1v) is 6.76. The van der Waals surface area contributed by atoms with E-state index in [4.69, 9.17) is 5.11 Å². The number of carbonyl (C=O) groups is 2. The van der Waals surface area contributed by atoms with E-state index in [2.05, 4.69) is 5.32 Å². The van der Waals surface area contributed by atoms with E-state index in [1.807, 2.05) is 4.72 Å². The maximum absolute atomic E-state index is 11.7. The number of thiophene rings is 1. The standard InChI is InChI=1S/C8H10N2O5S2/c1-9-6(11)4-10-17(14,15)5-2-3-16-7(5)8(12)13/h2-3,10H,4H2,1H3,(H,9,11)(H,12,13). The quantitative estimate of drug-likeness (QED) is 0.670. The largest absolute Gasteiger partial charge is 0.477 e. The number of rotatable bonds is 5. The molecule has 0 aromatic carbocycles. The lowest BCUT2D eigenvalue weighted by molar-refractivity contribution is -0.119. The Labute approximate surface area is 102 Å². The van der Waals surface area contributed by atoms with E-state index in [-0.39, 0.29) is 9.77 Å². The van der Waals surface area contributed by atoms with E-state index >= 15 is 0 Å². The third-order valence-corrected chi connectivity index (χ3v) is 4.29. The van der Waals surface area contributed by atoms with Crippen molar-refractivity contribution in [1.82, 2.24) is 10.0 Å². The molecule has 1 aromatic heterocycles. The van der Waals surface area contributed by atoms with Gasteiger partial charge in [-0.15, -0.1) is 11.3 Å². The SMILES string of the molecule is CNC(=O)CNS(=O)(=O)c1ccsc1C(=O)O. The number of aromatic carboxylic acids is 1. The second-order valence-electron chi connectivity index (χ2n) is 2.92. The van der Waals surface area contributed by atoms with Crippen molar-refractivity contribution in [3.63, 3.8) is 0 Å². The summed E-state index contributed by atoms with van der Waals surface area (Å²) in [7, 11) is -2.61. The number of carboxylic acid groups (broad SMARTS) is 1. The third-order valence-electron chi connectivity index (χ3n) is 1.81. The zero-order valence-electron chi connectivity index (χ0n) is 8.76. The van der Waals surface area contributed by atoms with Crippen LogP contribution in [0.5, 0.6) is 0 Å². The molecular formula is C8H10N2O5S2. The Bertz CT molecular complexity index is 534. The van der Waals surface area contributed by atoms with Crippen LogP contribution >= 0.6 is 11.3 Å². The number of sulfonamides is 1. The van der Waals surface area contributed by atoms with Gasteiger partial charge in [-0.1, -0.05) is 0 Å². The maximum Gasteiger partial charge on any atom is 0.347 e. The Balaban J connectivity index is 2.94. The highest BCUT2D eigenvalue weighted by Crippen LogP contribution is 2.21. The van der Waals surface area contributed by atoms with Crippen LogP contribution in [-0.4, -0.2) is 39.0 Å². The molecule has 9 heteroatoms. The summed E-state index contributed by atoms with van der Waals surface area (Å²) in [5.74, 6) is -1.83. The number of carboxylic acids is 1. The highest BCUT2D eigenvalue weighted by atomic mass is 32.2. The molecule has 0 bridgehead atoms. The summed E-state index contributed by atoms with van der Waals surface area (Å²) in [4.78, 5) is 21.0. The molecule has 0 unspecified atom stereocenters. The van der Waals surface area contributed by atoms with E-state index < -0.39 is 28.4 Å². The van der Waals surface area contributed by atoms with Crippen LogP contribution in [0.4, 0.5) is 0 Å². The average Bonchev–Trinajstić information content (AvgIpc) is 2.75. The van der Waals surface area contributed by atoms with Crippen molar-refractivity contribution >= 4 is 33.2 Å². The van der Waals surface area contributed by atoms with Crippen molar-refractivity contribution in [2.45, 2.75) is 4.90 Å². The van der Waals surface area contributed by atoms with Crippen molar-refractivity contribution in [3.05, 3.63) is 16.3 Å². The summed E-state index contributed by atoms with van der Waals surface area (Å²) in [6, 6.07) is 1.18. The fourth-order valence-corrected chi connectivity index (χ4v) is 3.23. The average molecular weight is 278 g/mol. The Morgan fingerprint density at radius 1 is 1.47 bits per heavy atom. The molecule has 0 atom stereocenters. The van der Waals surface area contributed by atoms with Crippen molar-refractivity contribution < 1.29 is 23.1 Å². The molecule has 0 fully saturated rings.